The summed E-state index contributed by atoms with van der Waals surface area (Å²) >= 11 is 4.16. The van der Waals surface area contributed by atoms with Crippen molar-refractivity contribution >= 4 is 60.3 Å². The summed E-state index contributed by atoms with van der Waals surface area (Å²) in [6.45, 7) is 0. The highest BCUT2D eigenvalue weighted by Gasteiger charge is 2.13. The van der Waals surface area contributed by atoms with Crippen molar-refractivity contribution in [2.24, 2.45) is 0 Å². The lowest BCUT2D eigenvalue weighted by Crippen LogP contribution is -2.30. The molecular formula is C37H58B2O6S2. The summed E-state index contributed by atoms with van der Waals surface area (Å²) in [5.41, 5.74) is 2.56. The van der Waals surface area contributed by atoms with Crippen LogP contribution in [0.4, 0.5) is 0 Å². The van der Waals surface area contributed by atoms with Crippen LogP contribution in [0.5, 0.6) is 0 Å². The molecule has 0 aliphatic carbocycles. The Bertz CT molecular complexity index is 1030. The first-order valence-electron chi connectivity index (χ1n) is 17.9. The summed E-state index contributed by atoms with van der Waals surface area (Å²) in [6, 6.07) is 14.0. The van der Waals surface area contributed by atoms with Gasteiger partial charge in [-0.2, -0.15) is 23.5 Å². The fraction of sp³-hybridized carbons (Fsp3) is 0.622. The molecule has 2 aromatic carbocycles. The van der Waals surface area contributed by atoms with Gasteiger partial charge in [-0.25, -0.2) is 0 Å². The molecule has 0 amide bonds. The van der Waals surface area contributed by atoms with Crippen LogP contribution in [0.3, 0.4) is 0 Å². The molecule has 0 fully saturated rings. The van der Waals surface area contributed by atoms with Gasteiger partial charge in [0.05, 0.1) is 0 Å². The van der Waals surface area contributed by atoms with Crippen molar-refractivity contribution in [3.63, 3.8) is 0 Å². The molecule has 2 rings (SSSR count). The maximum Gasteiger partial charge on any atom is 0.488 e. The van der Waals surface area contributed by atoms with Gasteiger partial charge in [-0.05, 0) is 59.2 Å². The van der Waals surface area contributed by atoms with E-state index in [1.807, 2.05) is 12.1 Å². The number of thioether (sulfide) groups is 2. The third-order valence-corrected chi connectivity index (χ3v) is 10.9. The number of benzene rings is 2. The van der Waals surface area contributed by atoms with Crippen LogP contribution in [0.2, 0.25) is 0 Å². The number of rotatable bonds is 30. The number of hydrogen-bond donors (Lipinski definition) is 4. The number of carbonyl (C=O) groups is 2. The molecule has 0 heterocycles. The van der Waals surface area contributed by atoms with Crippen LogP contribution >= 0.6 is 23.5 Å². The van der Waals surface area contributed by atoms with Crippen molar-refractivity contribution in [2.45, 2.75) is 128 Å². The van der Waals surface area contributed by atoms with Gasteiger partial charge in [-0.3, -0.25) is 9.59 Å². The second kappa shape index (κ2) is 27.3. The second-order valence-electron chi connectivity index (χ2n) is 12.8. The molecule has 260 valence electrons. The van der Waals surface area contributed by atoms with Gasteiger partial charge >= 0.3 is 14.2 Å². The van der Waals surface area contributed by atoms with Crippen molar-refractivity contribution in [1.29, 1.82) is 0 Å². The van der Waals surface area contributed by atoms with E-state index in [0.717, 1.165) is 36.8 Å². The molecular weight excluding hydrogens is 626 g/mol. The van der Waals surface area contributed by atoms with E-state index in [-0.39, 0.29) is 11.6 Å². The third-order valence-electron chi connectivity index (χ3n) is 8.46. The van der Waals surface area contributed by atoms with E-state index < -0.39 is 14.2 Å². The van der Waals surface area contributed by atoms with Gasteiger partial charge in [0.1, 0.15) is 11.6 Å². The maximum absolute atomic E-state index is 12.2. The van der Waals surface area contributed by atoms with Gasteiger partial charge in [0, 0.05) is 30.8 Å². The Balaban J connectivity index is 1.25. The Morgan fingerprint density at radius 2 is 0.830 bits per heavy atom. The Kier molecular flexibility index (Phi) is 24.2. The fourth-order valence-corrected chi connectivity index (χ4v) is 7.94. The molecule has 0 aliphatic rings. The summed E-state index contributed by atoms with van der Waals surface area (Å²) in [4.78, 5) is 24.5. The SMILES string of the molecule is O=C(CCCCCCCCCCSCSCCCCCCCCCCC(=O)Cc1cccc(B(O)O)c1)Cc1cccc(B(O)O)c1. The number of Topliss-reactive ketones (excluding diaryl/α,β-unsaturated/α-hetero) is 2. The lowest BCUT2D eigenvalue weighted by molar-refractivity contribution is -0.119. The van der Waals surface area contributed by atoms with Crippen LogP contribution in [0.25, 0.3) is 0 Å². The van der Waals surface area contributed by atoms with Gasteiger partial charge < -0.3 is 20.1 Å². The van der Waals surface area contributed by atoms with E-state index >= 15 is 0 Å². The van der Waals surface area contributed by atoms with Crippen molar-refractivity contribution in [2.75, 3.05) is 16.6 Å². The molecule has 47 heavy (non-hydrogen) atoms. The molecule has 2 aromatic rings. The van der Waals surface area contributed by atoms with E-state index in [0.29, 0.717) is 36.6 Å². The molecule has 0 unspecified atom stereocenters. The molecule has 10 heteroatoms. The first kappa shape index (κ1) is 41.6. The van der Waals surface area contributed by atoms with Crippen molar-refractivity contribution < 1.29 is 29.7 Å². The van der Waals surface area contributed by atoms with Crippen LogP contribution in [-0.2, 0) is 22.4 Å². The topological polar surface area (TPSA) is 115 Å². The minimum atomic E-state index is -1.49. The van der Waals surface area contributed by atoms with E-state index in [9.17, 15) is 29.7 Å². The Hall–Kier alpha value is -1.55. The molecule has 0 saturated carbocycles. The molecule has 0 radical (unpaired) electrons. The standard InChI is InChI=1S/C37H58B2O6S2/c40-36(29-32-19-17-21-34(27-32)38(42)43)23-13-9-5-1-3-7-11-15-25-46-31-47-26-16-12-8-4-2-6-10-14-24-37(41)30-33-20-18-22-35(28-33)39(44)45/h17-22,27-28,42-45H,1-16,23-26,29-31H2. The molecule has 4 N–H and O–H groups in total. The number of ketones is 2. The zero-order valence-electron chi connectivity index (χ0n) is 28.5. The lowest BCUT2D eigenvalue weighted by atomic mass is 9.79. The first-order valence-corrected chi connectivity index (χ1v) is 20.2. The van der Waals surface area contributed by atoms with Crippen LogP contribution in [0.1, 0.15) is 127 Å². The minimum absolute atomic E-state index is 0.222. The van der Waals surface area contributed by atoms with Crippen molar-refractivity contribution in [3.8, 4) is 0 Å². The zero-order chi connectivity index (χ0) is 34.0. The van der Waals surface area contributed by atoms with Crippen LogP contribution < -0.4 is 10.9 Å². The van der Waals surface area contributed by atoms with Crippen molar-refractivity contribution in [1.82, 2.24) is 0 Å². The average molecular weight is 685 g/mol. The van der Waals surface area contributed by atoms with E-state index in [1.165, 1.54) is 93.6 Å². The van der Waals surface area contributed by atoms with Crippen LogP contribution in [0, 0.1) is 0 Å². The smallest absolute Gasteiger partial charge is 0.423 e. The largest absolute Gasteiger partial charge is 0.488 e. The van der Waals surface area contributed by atoms with E-state index in [1.54, 1.807) is 36.4 Å². The summed E-state index contributed by atoms with van der Waals surface area (Å²) in [7, 11) is -2.98. The van der Waals surface area contributed by atoms with Crippen LogP contribution in [-0.4, -0.2) is 62.5 Å². The lowest BCUT2D eigenvalue weighted by Gasteiger charge is -2.05. The predicted octanol–water partition coefficient (Wildman–Crippen LogP) is 6.42. The van der Waals surface area contributed by atoms with Crippen molar-refractivity contribution in [3.05, 3.63) is 59.7 Å². The molecule has 6 nitrogen and oxygen atoms in total. The van der Waals surface area contributed by atoms with Gasteiger partial charge in [0.15, 0.2) is 0 Å². The van der Waals surface area contributed by atoms with Gasteiger partial charge in [0.25, 0.3) is 0 Å². The maximum atomic E-state index is 12.2. The predicted molar refractivity (Wildman–Crippen MR) is 203 cm³/mol. The number of unbranched alkanes of at least 4 members (excludes halogenated alkanes) is 14. The molecule has 0 aliphatic heterocycles. The highest BCUT2D eigenvalue weighted by atomic mass is 32.2. The van der Waals surface area contributed by atoms with Gasteiger partial charge in [-0.1, -0.05) is 126 Å². The monoisotopic (exact) mass is 684 g/mol. The Labute approximate surface area is 293 Å². The van der Waals surface area contributed by atoms with Gasteiger partial charge in [0.2, 0.25) is 0 Å². The third kappa shape index (κ3) is 21.9. The normalized spacial score (nSPS) is 11.1. The summed E-state index contributed by atoms with van der Waals surface area (Å²) in [5.74, 6) is 2.98. The molecule has 0 aromatic heterocycles. The van der Waals surface area contributed by atoms with E-state index in [2.05, 4.69) is 23.5 Å². The summed E-state index contributed by atoms with van der Waals surface area (Å²) < 4.78 is 0. The van der Waals surface area contributed by atoms with E-state index in [4.69, 9.17) is 0 Å². The van der Waals surface area contributed by atoms with Gasteiger partial charge in [-0.15, -0.1) is 0 Å². The zero-order valence-corrected chi connectivity index (χ0v) is 30.1. The Morgan fingerprint density at radius 3 is 1.19 bits per heavy atom. The summed E-state index contributed by atoms with van der Waals surface area (Å²) in [5, 5.41) is 38.3. The Morgan fingerprint density at radius 1 is 0.489 bits per heavy atom. The summed E-state index contributed by atoms with van der Waals surface area (Å²) in [6.07, 6.45) is 21.4. The highest BCUT2D eigenvalue weighted by molar-refractivity contribution is 8.15. The quantitative estimate of drug-likeness (QED) is 0.0424. The van der Waals surface area contributed by atoms with Crippen LogP contribution in [0.15, 0.2) is 48.5 Å². The molecule has 0 atom stereocenters. The highest BCUT2D eigenvalue weighted by Crippen LogP contribution is 2.18. The number of carbonyl (C=O) groups excluding carboxylic acids is 2. The fourth-order valence-electron chi connectivity index (χ4n) is 5.71. The minimum Gasteiger partial charge on any atom is -0.423 e. The number of hydrogen-bond acceptors (Lipinski definition) is 8. The molecule has 0 saturated heterocycles. The second-order valence-corrected chi connectivity index (χ2v) is 15.3. The molecule has 0 spiro atoms. The molecule has 0 bridgehead atoms. The average Bonchev–Trinajstić information content (AvgIpc) is 3.05. The first-order chi connectivity index (χ1) is 22.8.